The number of carbonyl (C=O) groups is 2. The van der Waals surface area contributed by atoms with Crippen molar-refractivity contribution in [1.82, 2.24) is 0 Å². The van der Waals surface area contributed by atoms with E-state index in [1.54, 1.807) is 0 Å². The van der Waals surface area contributed by atoms with Crippen LogP contribution in [0.25, 0.3) is 0 Å². The molecular formula is C15H12F3N3O2. The van der Waals surface area contributed by atoms with Crippen molar-refractivity contribution < 1.29 is 22.8 Å². The first-order valence-electron chi connectivity index (χ1n) is 6.41. The molecule has 0 radical (unpaired) electrons. The number of primary amides is 1. The Bertz CT molecular complexity index is 745. The Morgan fingerprint density at radius 3 is 2.13 bits per heavy atom. The van der Waals surface area contributed by atoms with Gasteiger partial charge in [0, 0.05) is 11.4 Å². The van der Waals surface area contributed by atoms with Crippen molar-refractivity contribution >= 4 is 23.3 Å². The number of carbonyl (C=O) groups excluding carboxylic acids is 2. The third-order valence-corrected chi connectivity index (χ3v) is 2.87. The van der Waals surface area contributed by atoms with Crippen LogP contribution in [0.15, 0.2) is 48.5 Å². The first kappa shape index (κ1) is 16.3. The lowest BCUT2D eigenvalue weighted by atomic mass is 10.1. The third-order valence-electron chi connectivity index (χ3n) is 2.87. The number of rotatable bonds is 3. The van der Waals surface area contributed by atoms with Crippen LogP contribution in [0.2, 0.25) is 0 Å². The van der Waals surface area contributed by atoms with Gasteiger partial charge in [-0.2, -0.15) is 13.2 Å². The number of nitrogens with one attached hydrogen (secondary N) is 2. The number of nitrogens with two attached hydrogens (primary N) is 1. The first-order chi connectivity index (χ1) is 10.8. The lowest BCUT2D eigenvalue weighted by Gasteiger charge is -2.13. The van der Waals surface area contributed by atoms with E-state index >= 15 is 0 Å². The molecule has 0 saturated heterocycles. The summed E-state index contributed by atoms with van der Waals surface area (Å²) in [5, 5.41) is 4.65. The fraction of sp³-hybridized carbons (Fsp3) is 0.0667. The molecule has 0 heterocycles. The van der Waals surface area contributed by atoms with E-state index in [0.717, 1.165) is 12.1 Å². The zero-order valence-electron chi connectivity index (χ0n) is 11.6. The summed E-state index contributed by atoms with van der Waals surface area (Å²) in [6.07, 6.45) is -4.64. The zero-order valence-corrected chi connectivity index (χ0v) is 11.6. The van der Waals surface area contributed by atoms with Crippen molar-refractivity contribution in [1.29, 1.82) is 0 Å². The molecule has 0 spiro atoms. The van der Waals surface area contributed by atoms with Crippen LogP contribution in [0.5, 0.6) is 0 Å². The van der Waals surface area contributed by atoms with Crippen LogP contribution in [-0.4, -0.2) is 11.9 Å². The van der Waals surface area contributed by atoms with Crippen molar-refractivity contribution in [2.45, 2.75) is 6.18 Å². The summed E-state index contributed by atoms with van der Waals surface area (Å²) >= 11 is 0. The Morgan fingerprint density at radius 1 is 0.913 bits per heavy atom. The SMILES string of the molecule is NC(=O)Nc1cccc(NC(=O)c2ccccc2C(F)(F)F)c1. The number of hydrogen-bond acceptors (Lipinski definition) is 2. The molecule has 120 valence electrons. The molecule has 5 nitrogen and oxygen atoms in total. The summed E-state index contributed by atoms with van der Waals surface area (Å²) in [5.41, 5.74) is 3.98. The molecule has 3 amide bonds. The fourth-order valence-corrected chi connectivity index (χ4v) is 1.94. The van der Waals surface area contributed by atoms with E-state index in [0.29, 0.717) is 5.69 Å². The molecule has 23 heavy (non-hydrogen) atoms. The summed E-state index contributed by atoms with van der Waals surface area (Å²) in [6, 6.07) is 9.55. The van der Waals surface area contributed by atoms with Gasteiger partial charge in [-0.1, -0.05) is 18.2 Å². The van der Waals surface area contributed by atoms with Crippen molar-refractivity contribution in [3.05, 3.63) is 59.7 Å². The molecule has 0 bridgehead atoms. The van der Waals surface area contributed by atoms with Gasteiger partial charge < -0.3 is 16.4 Å². The van der Waals surface area contributed by atoms with Crippen LogP contribution >= 0.6 is 0 Å². The molecule has 2 rings (SSSR count). The van der Waals surface area contributed by atoms with E-state index in [1.807, 2.05) is 0 Å². The van der Waals surface area contributed by atoms with E-state index in [-0.39, 0.29) is 5.69 Å². The van der Waals surface area contributed by atoms with Gasteiger partial charge in [0.2, 0.25) is 0 Å². The average molecular weight is 323 g/mol. The minimum atomic E-state index is -4.64. The second kappa shape index (κ2) is 6.39. The minimum Gasteiger partial charge on any atom is -0.351 e. The Hall–Kier alpha value is -3.03. The van der Waals surface area contributed by atoms with E-state index in [1.165, 1.54) is 36.4 Å². The van der Waals surface area contributed by atoms with E-state index < -0.39 is 29.2 Å². The molecule has 2 aromatic rings. The Balaban J connectivity index is 2.25. The Labute approximate surface area is 129 Å². The molecule has 0 aromatic heterocycles. The second-order valence-electron chi connectivity index (χ2n) is 4.57. The van der Waals surface area contributed by atoms with Gasteiger partial charge >= 0.3 is 12.2 Å². The smallest absolute Gasteiger partial charge is 0.351 e. The summed E-state index contributed by atoms with van der Waals surface area (Å²) in [5.74, 6) is -0.908. The molecule has 4 N–H and O–H groups in total. The number of urea groups is 1. The van der Waals surface area contributed by atoms with Crippen LogP contribution < -0.4 is 16.4 Å². The average Bonchev–Trinajstić information content (AvgIpc) is 2.46. The van der Waals surface area contributed by atoms with Gasteiger partial charge in [-0.3, -0.25) is 4.79 Å². The van der Waals surface area contributed by atoms with Gasteiger partial charge in [0.05, 0.1) is 11.1 Å². The molecule has 8 heteroatoms. The van der Waals surface area contributed by atoms with Gasteiger partial charge in [-0.15, -0.1) is 0 Å². The maximum absolute atomic E-state index is 12.9. The molecule has 0 saturated carbocycles. The van der Waals surface area contributed by atoms with E-state index in [2.05, 4.69) is 10.6 Å². The highest BCUT2D eigenvalue weighted by atomic mass is 19.4. The quantitative estimate of drug-likeness (QED) is 0.808. The zero-order chi connectivity index (χ0) is 17.0. The van der Waals surface area contributed by atoms with Crippen LogP contribution in [0.4, 0.5) is 29.3 Å². The van der Waals surface area contributed by atoms with Crippen molar-refractivity contribution in [2.75, 3.05) is 10.6 Å². The van der Waals surface area contributed by atoms with Crippen molar-refractivity contribution in [3.63, 3.8) is 0 Å². The maximum atomic E-state index is 12.9. The molecule has 2 aromatic carbocycles. The molecule has 0 aliphatic carbocycles. The monoisotopic (exact) mass is 323 g/mol. The predicted octanol–water partition coefficient (Wildman–Crippen LogP) is 3.45. The number of alkyl halides is 3. The lowest BCUT2D eigenvalue weighted by Crippen LogP contribution is -2.20. The Kier molecular flexibility index (Phi) is 4.54. The molecule has 0 aliphatic heterocycles. The topological polar surface area (TPSA) is 84.2 Å². The molecule has 0 fully saturated rings. The molecule has 0 unspecified atom stereocenters. The lowest BCUT2D eigenvalue weighted by molar-refractivity contribution is -0.137. The standard InChI is InChI=1S/C15H12F3N3O2/c16-15(17,18)12-7-2-1-6-11(12)13(22)20-9-4-3-5-10(8-9)21-14(19)23/h1-8H,(H,20,22)(H3,19,21,23). The number of halogens is 3. The van der Waals surface area contributed by atoms with Gasteiger partial charge in [-0.25, -0.2) is 4.79 Å². The van der Waals surface area contributed by atoms with Crippen molar-refractivity contribution in [2.24, 2.45) is 5.73 Å². The van der Waals surface area contributed by atoms with E-state index in [9.17, 15) is 22.8 Å². The van der Waals surface area contributed by atoms with Gasteiger partial charge in [0.15, 0.2) is 0 Å². The van der Waals surface area contributed by atoms with Crippen LogP contribution in [0.1, 0.15) is 15.9 Å². The van der Waals surface area contributed by atoms with Crippen LogP contribution in [0.3, 0.4) is 0 Å². The third kappa shape index (κ3) is 4.22. The largest absolute Gasteiger partial charge is 0.417 e. The highest BCUT2D eigenvalue weighted by Gasteiger charge is 2.34. The number of anilines is 2. The highest BCUT2D eigenvalue weighted by molar-refractivity contribution is 6.05. The van der Waals surface area contributed by atoms with Crippen LogP contribution in [-0.2, 0) is 6.18 Å². The molecular weight excluding hydrogens is 311 g/mol. The fourth-order valence-electron chi connectivity index (χ4n) is 1.94. The van der Waals surface area contributed by atoms with Gasteiger partial charge in [-0.05, 0) is 30.3 Å². The highest BCUT2D eigenvalue weighted by Crippen LogP contribution is 2.32. The molecule has 0 atom stereocenters. The number of benzene rings is 2. The van der Waals surface area contributed by atoms with E-state index in [4.69, 9.17) is 5.73 Å². The first-order valence-corrected chi connectivity index (χ1v) is 6.41. The van der Waals surface area contributed by atoms with Crippen LogP contribution in [0, 0.1) is 0 Å². The summed E-state index contributed by atoms with van der Waals surface area (Å²) in [7, 11) is 0. The minimum absolute atomic E-state index is 0.221. The second-order valence-corrected chi connectivity index (χ2v) is 4.57. The summed E-state index contributed by atoms with van der Waals surface area (Å²) in [6.45, 7) is 0. The molecule has 0 aliphatic rings. The normalized spacial score (nSPS) is 10.9. The van der Waals surface area contributed by atoms with Crippen molar-refractivity contribution in [3.8, 4) is 0 Å². The number of hydrogen-bond donors (Lipinski definition) is 3. The summed E-state index contributed by atoms with van der Waals surface area (Å²) in [4.78, 5) is 22.9. The van der Waals surface area contributed by atoms with Gasteiger partial charge in [0.1, 0.15) is 0 Å². The summed E-state index contributed by atoms with van der Waals surface area (Å²) < 4.78 is 38.7. The Morgan fingerprint density at radius 2 is 1.52 bits per heavy atom. The maximum Gasteiger partial charge on any atom is 0.417 e. The predicted molar refractivity (Wildman–Crippen MR) is 79.0 cm³/mol. The van der Waals surface area contributed by atoms with Gasteiger partial charge in [0.25, 0.3) is 5.91 Å². The number of amides is 3.